The van der Waals surface area contributed by atoms with Gasteiger partial charge in [0.1, 0.15) is 83.0 Å². The lowest BCUT2D eigenvalue weighted by atomic mass is 10.2. The molecule has 0 unspecified atom stereocenters. The van der Waals surface area contributed by atoms with E-state index in [0.717, 1.165) is 18.0 Å². The average molecular weight is 1230 g/mol. The zero-order valence-electron chi connectivity index (χ0n) is 49.4. The Morgan fingerprint density at radius 1 is 0.604 bits per heavy atom. The van der Waals surface area contributed by atoms with Gasteiger partial charge in [0.05, 0.1) is 40.7 Å². The number of aliphatic carboxylic acids is 1. The quantitative estimate of drug-likeness (QED) is 0.0657. The lowest BCUT2D eigenvalue weighted by molar-refractivity contribution is -0.131. The molecule has 0 atom stereocenters. The van der Waals surface area contributed by atoms with E-state index in [-0.39, 0.29) is 23.2 Å². The van der Waals surface area contributed by atoms with Gasteiger partial charge in [0.15, 0.2) is 22.9 Å². The summed E-state index contributed by atoms with van der Waals surface area (Å²) in [6.07, 6.45) is 13.9. The molecule has 0 radical (unpaired) electrons. The number of benzene rings is 6. The number of hydrogen-bond donors (Lipinski definition) is 4. The van der Waals surface area contributed by atoms with E-state index in [1.807, 2.05) is 25.3 Å². The van der Waals surface area contributed by atoms with Crippen molar-refractivity contribution >= 4 is 57.2 Å². The fraction of sp³-hybridized carbons (Fsp3) is 0.212. The number of rotatable bonds is 16. The second-order valence-electron chi connectivity index (χ2n) is 21.8. The van der Waals surface area contributed by atoms with E-state index >= 15 is 0 Å². The van der Waals surface area contributed by atoms with Gasteiger partial charge in [0.25, 0.3) is 5.91 Å². The minimum atomic E-state index is -0.866. The van der Waals surface area contributed by atoms with Crippen molar-refractivity contribution in [2.24, 2.45) is 0 Å². The number of hydrogen-bond acceptors (Lipinski definition) is 17. The lowest BCUT2D eigenvalue weighted by Gasteiger charge is -2.29. The minimum absolute atomic E-state index is 0.121. The van der Waals surface area contributed by atoms with Gasteiger partial charge in [-0.05, 0) is 149 Å². The number of nitrogens with two attached hydrogens (primary N) is 2. The molecule has 14 rings (SSSR count). The number of carbonyl (C=O) groups is 2. The summed E-state index contributed by atoms with van der Waals surface area (Å²) in [5.41, 5.74) is 16.6. The molecular weight excluding hydrogens is 1170 g/mol. The molecule has 2 aliphatic heterocycles. The van der Waals surface area contributed by atoms with Gasteiger partial charge in [-0.2, -0.15) is 0 Å². The normalized spacial score (nSPS) is 14.2. The Hall–Kier alpha value is -11.2. The van der Waals surface area contributed by atoms with Crippen molar-refractivity contribution in [3.8, 4) is 57.2 Å². The van der Waals surface area contributed by atoms with Gasteiger partial charge in [-0.25, -0.2) is 52.2 Å². The number of likely N-dealkylation sites (N-methyl/N-ethyl adjacent to an activating group) is 2. The number of aromatic nitrogens is 8. The molecule has 4 aromatic heterocycles. The van der Waals surface area contributed by atoms with Crippen molar-refractivity contribution in [3.63, 3.8) is 0 Å². The number of amides is 1. The highest BCUT2D eigenvalue weighted by Gasteiger charge is 2.29. The Bertz CT molecular complexity index is 4540. The molecule has 91 heavy (non-hydrogen) atoms. The summed E-state index contributed by atoms with van der Waals surface area (Å²) in [6, 6.07) is 37.2. The van der Waals surface area contributed by atoms with Crippen molar-refractivity contribution in [2.45, 2.75) is 37.8 Å². The second-order valence-corrected chi connectivity index (χ2v) is 21.8. The third-order valence-electron chi connectivity index (χ3n) is 15.4. The molecule has 2 aliphatic carbocycles. The largest absolute Gasteiger partial charge is 0.490 e. The highest BCUT2D eigenvalue weighted by atomic mass is 19.1. The van der Waals surface area contributed by atoms with Crippen molar-refractivity contribution in [3.05, 3.63) is 203 Å². The number of carboxylic acids is 1. The van der Waals surface area contributed by atoms with Crippen molar-refractivity contribution in [1.82, 2.24) is 48.0 Å². The number of fused-ring (bicyclic) bond motifs is 4. The van der Waals surface area contributed by atoms with Crippen LogP contribution in [0.3, 0.4) is 0 Å². The van der Waals surface area contributed by atoms with Crippen LogP contribution in [0.25, 0.3) is 45.1 Å². The molecule has 23 nitrogen and oxygen atoms in total. The van der Waals surface area contributed by atoms with Crippen molar-refractivity contribution in [1.29, 1.82) is 0 Å². The Morgan fingerprint density at radius 2 is 1.09 bits per heavy atom. The van der Waals surface area contributed by atoms with Gasteiger partial charge in [-0.1, -0.05) is 24.3 Å². The van der Waals surface area contributed by atoms with E-state index in [4.69, 9.17) is 35.5 Å². The Morgan fingerprint density at radius 3 is 1.59 bits per heavy atom. The van der Waals surface area contributed by atoms with E-state index in [2.05, 4.69) is 42.1 Å². The highest BCUT2D eigenvalue weighted by molar-refractivity contribution is 6.03. The summed E-state index contributed by atoms with van der Waals surface area (Å²) >= 11 is 0. The first kappa shape index (κ1) is 60.1. The monoisotopic (exact) mass is 1230 g/mol. The molecule has 0 spiro atoms. The zero-order chi connectivity index (χ0) is 63.3. The van der Waals surface area contributed by atoms with Crippen LogP contribution in [0.15, 0.2) is 180 Å². The Labute approximate surface area is 518 Å². The van der Waals surface area contributed by atoms with Crippen LogP contribution in [0, 0.1) is 11.6 Å². The standard InChI is InChI=1S/C33H30FN7O4.C25H19FN6O3.C8H13NO2/c1-38(22-7-8-22)15-3-6-29(42)39-16-17-44-28-14-11-24(19-27(28)39)41-32-30(31(35)36-20-37-32)40(33(41)43)23-9-12-25(13-10-23)45-26-5-2-4-21(34)18-26;26-15-2-1-3-19(12-15)35-18-7-4-16(5-8-18)31-22-23(27)29-14-30-24(22)32(25(31)33)17-6-9-21-20(13-17)28-10-11-34-21;1-9(7-4-5-7)6-2-3-8(10)11/h2-6,9-14,18-20,22H,7-8,15-17H2,1H3,(H2,35,36,37);1-9,12-14,28H,10-11H2,(H2,27,29,30);2-3,7H,4-6H2,1H3,(H,10,11)/b6-3+;;3-2+. The van der Waals surface area contributed by atoms with Crippen LogP contribution in [0.5, 0.6) is 34.5 Å². The SMILES string of the molecule is CN(C/C=C/C(=O)N1CCOc2ccc(-n3c(=O)n(-c4ccc(Oc5cccc(F)c5)cc4)c4c(N)ncnc43)cc21)C1CC1.CN(C/C=C/C(=O)O)C1CC1.Nc1ncnc2c1n(-c1ccc(Oc3cccc(F)c3)cc1)c(=O)n2-c1ccc2c(c1)NCCO2. The third-order valence-corrected chi connectivity index (χ3v) is 15.4. The molecule has 1 amide bonds. The predicted octanol–water partition coefficient (Wildman–Crippen LogP) is 9.07. The van der Waals surface area contributed by atoms with Gasteiger partial charge in [0, 0.05) is 56.0 Å². The first-order valence-corrected chi connectivity index (χ1v) is 29.3. The molecule has 0 bridgehead atoms. The zero-order valence-corrected chi connectivity index (χ0v) is 49.4. The number of nitrogen functional groups attached to an aromatic ring is 2. The molecule has 464 valence electrons. The van der Waals surface area contributed by atoms with Crippen LogP contribution in [-0.4, -0.2) is 131 Å². The molecule has 2 fully saturated rings. The number of imidazole rings is 2. The average Bonchev–Trinajstić information content (AvgIpc) is 1.61. The van der Waals surface area contributed by atoms with E-state index in [9.17, 15) is 28.0 Å². The topological polar surface area (TPSA) is 270 Å². The summed E-state index contributed by atoms with van der Waals surface area (Å²) in [6.45, 7) is 3.42. The maximum atomic E-state index is 14.1. The summed E-state index contributed by atoms with van der Waals surface area (Å²) < 4.78 is 55.9. The number of nitrogens with zero attached hydrogens (tertiary/aromatic N) is 11. The van der Waals surface area contributed by atoms with Gasteiger partial charge in [0.2, 0.25) is 0 Å². The Balaban J connectivity index is 0.000000154. The molecule has 6 N–H and O–H groups in total. The number of ether oxygens (including phenoxy) is 4. The predicted molar refractivity (Wildman–Crippen MR) is 340 cm³/mol. The van der Waals surface area contributed by atoms with Crippen LogP contribution < -0.4 is 52.0 Å². The Kier molecular flexibility index (Phi) is 17.3. The minimum Gasteiger partial charge on any atom is -0.490 e. The molecule has 4 aliphatic rings. The number of carbonyl (C=O) groups excluding carboxylic acids is 1. The number of nitrogens with one attached hydrogen (secondary N) is 1. The number of carboxylic acid groups (broad SMARTS) is 1. The highest BCUT2D eigenvalue weighted by Crippen LogP contribution is 2.37. The van der Waals surface area contributed by atoms with E-state index < -0.39 is 23.3 Å². The lowest BCUT2D eigenvalue weighted by Crippen LogP contribution is -2.37. The van der Waals surface area contributed by atoms with Gasteiger partial charge < -0.3 is 45.7 Å². The third kappa shape index (κ3) is 13.5. The van der Waals surface area contributed by atoms with E-state index in [1.54, 1.807) is 114 Å². The molecule has 10 aromatic rings. The molecule has 6 heterocycles. The summed E-state index contributed by atoms with van der Waals surface area (Å²) in [4.78, 5) is 74.2. The van der Waals surface area contributed by atoms with Crippen molar-refractivity contribution in [2.75, 3.05) is 75.2 Å². The first-order chi connectivity index (χ1) is 44.1. The molecule has 0 saturated heterocycles. The van der Waals surface area contributed by atoms with Crippen LogP contribution in [0.2, 0.25) is 0 Å². The molecular formula is C66H62F2N14O9. The second kappa shape index (κ2) is 26.3. The van der Waals surface area contributed by atoms with E-state index in [1.165, 1.54) is 86.9 Å². The first-order valence-electron chi connectivity index (χ1n) is 29.3. The van der Waals surface area contributed by atoms with E-state index in [0.29, 0.717) is 124 Å². The number of anilines is 4. The fourth-order valence-electron chi connectivity index (χ4n) is 10.6. The smallest absolute Gasteiger partial charge is 0.339 e. The van der Waals surface area contributed by atoms with Gasteiger partial charge >= 0.3 is 17.3 Å². The number of halogens is 2. The van der Waals surface area contributed by atoms with Crippen LogP contribution in [-0.2, 0) is 9.59 Å². The van der Waals surface area contributed by atoms with Crippen LogP contribution in [0.1, 0.15) is 25.7 Å². The maximum absolute atomic E-state index is 14.1. The fourth-order valence-corrected chi connectivity index (χ4v) is 10.6. The van der Waals surface area contributed by atoms with Gasteiger partial charge in [-0.15, -0.1) is 0 Å². The van der Waals surface area contributed by atoms with Crippen LogP contribution in [0.4, 0.5) is 31.8 Å². The molecule has 2 saturated carbocycles. The van der Waals surface area contributed by atoms with Gasteiger partial charge in [-0.3, -0.25) is 23.7 Å². The summed E-state index contributed by atoms with van der Waals surface area (Å²) in [5.74, 6) is 1.39. The molecule has 6 aromatic carbocycles. The summed E-state index contributed by atoms with van der Waals surface area (Å²) in [7, 11) is 4.08. The van der Waals surface area contributed by atoms with Crippen LogP contribution >= 0.6 is 0 Å². The molecule has 25 heteroatoms. The maximum Gasteiger partial charge on any atom is 0.339 e. The summed E-state index contributed by atoms with van der Waals surface area (Å²) in [5, 5.41) is 11.6. The van der Waals surface area contributed by atoms with Crippen molar-refractivity contribution < 1.29 is 42.4 Å².